The zero-order valence-electron chi connectivity index (χ0n) is 23.2. The Morgan fingerprint density at radius 3 is 1.98 bits per heavy atom. The number of para-hydroxylation sites is 1. The van der Waals surface area contributed by atoms with Crippen molar-refractivity contribution in [3.63, 3.8) is 0 Å². The van der Waals surface area contributed by atoms with E-state index in [1.54, 1.807) is 0 Å². The van der Waals surface area contributed by atoms with Gasteiger partial charge in [0, 0.05) is 57.4 Å². The van der Waals surface area contributed by atoms with Gasteiger partial charge in [0.1, 0.15) is 0 Å². The number of rotatable bonds is 4. The van der Waals surface area contributed by atoms with Crippen molar-refractivity contribution in [2.45, 2.75) is 0 Å². The first-order valence-corrected chi connectivity index (χ1v) is 16.1. The normalized spacial score (nSPS) is 11.7. The highest BCUT2D eigenvalue weighted by atomic mass is 32.1. The van der Waals surface area contributed by atoms with Crippen LogP contribution in [0.3, 0.4) is 0 Å². The summed E-state index contributed by atoms with van der Waals surface area (Å²) in [7, 11) is 0. The van der Waals surface area contributed by atoms with Crippen LogP contribution < -0.4 is 4.90 Å². The molecule has 0 amide bonds. The summed E-state index contributed by atoms with van der Waals surface area (Å²) in [6.07, 6.45) is 0. The summed E-state index contributed by atoms with van der Waals surface area (Å²) < 4.78 is 5.46. The van der Waals surface area contributed by atoms with Gasteiger partial charge < -0.3 is 4.90 Å². The third-order valence-electron chi connectivity index (χ3n) is 8.45. The standard InChI is InChI=1S/C40H25NS2/c1-2-11-29(12-3-1)41(31-22-17-26-9-4-5-10-28(26)25-31)30-20-18-27(19-21-30)32-14-8-15-33-34-23-24-37-38(40(34)43-39(32)33)35-13-6-7-16-36(35)42-37/h1-25H. The number of hydrogen-bond donors (Lipinski definition) is 0. The van der Waals surface area contributed by atoms with E-state index in [0.717, 1.165) is 17.1 Å². The van der Waals surface area contributed by atoms with Gasteiger partial charge in [0.15, 0.2) is 0 Å². The summed E-state index contributed by atoms with van der Waals surface area (Å²) in [5.41, 5.74) is 5.95. The fourth-order valence-corrected chi connectivity index (χ4v) is 9.00. The molecule has 0 aliphatic rings. The first-order valence-electron chi connectivity index (χ1n) is 14.5. The van der Waals surface area contributed by atoms with Crippen LogP contribution in [0.15, 0.2) is 152 Å². The van der Waals surface area contributed by atoms with Crippen LogP contribution in [0.2, 0.25) is 0 Å². The Hall–Kier alpha value is -4.96. The van der Waals surface area contributed by atoms with Crippen molar-refractivity contribution in [3.8, 4) is 11.1 Å². The molecule has 0 radical (unpaired) electrons. The van der Waals surface area contributed by atoms with Crippen LogP contribution in [0.5, 0.6) is 0 Å². The molecule has 7 aromatic carbocycles. The Labute approximate surface area is 257 Å². The quantitative estimate of drug-likeness (QED) is 0.199. The SMILES string of the molecule is c1ccc(N(c2ccc(-c3cccc4c3sc3c4ccc4sc5ccccc5c43)cc2)c2ccc3ccccc3c2)cc1. The lowest BCUT2D eigenvalue weighted by Gasteiger charge is -2.26. The van der Waals surface area contributed by atoms with Crippen molar-refractivity contribution in [1.29, 1.82) is 0 Å². The van der Waals surface area contributed by atoms with Gasteiger partial charge in [-0.3, -0.25) is 0 Å². The summed E-state index contributed by atoms with van der Waals surface area (Å²) >= 11 is 3.82. The van der Waals surface area contributed by atoms with Crippen LogP contribution in [-0.4, -0.2) is 0 Å². The smallest absolute Gasteiger partial charge is 0.0468 e. The van der Waals surface area contributed by atoms with Gasteiger partial charge in [0.2, 0.25) is 0 Å². The number of thiophene rings is 2. The minimum atomic E-state index is 1.14. The molecule has 0 N–H and O–H groups in total. The van der Waals surface area contributed by atoms with Gasteiger partial charge >= 0.3 is 0 Å². The topological polar surface area (TPSA) is 3.24 Å². The molecular formula is C40H25NS2. The summed E-state index contributed by atoms with van der Waals surface area (Å²) in [6, 6.07) is 55.2. The summed E-state index contributed by atoms with van der Waals surface area (Å²) in [4.78, 5) is 2.34. The number of nitrogens with zero attached hydrogens (tertiary/aromatic N) is 1. The van der Waals surface area contributed by atoms with E-state index in [2.05, 4.69) is 157 Å². The van der Waals surface area contributed by atoms with Crippen molar-refractivity contribution >= 4 is 90.9 Å². The van der Waals surface area contributed by atoms with Gasteiger partial charge in [-0.05, 0) is 70.4 Å². The van der Waals surface area contributed by atoms with Crippen LogP contribution in [0.25, 0.3) is 62.2 Å². The summed E-state index contributed by atoms with van der Waals surface area (Å²) in [5.74, 6) is 0. The number of hydrogen-bond acceptors (Lipinski definition) is 3. The van der Waals surface area contributed by atoms with Gasteiger partial charge in [-0.15, -0.1) is 22.7 Å². The third kappa shape index (κ3) is 3.97. The lowest BCUT2D eigenvalue weighted by Crippen LogP contribution is -2.09. The minimum absolute atomic E-state index is 1.14. The molecule has 2 heterocycles. The molecule has 0 spiro atoms. The molecule has 0 saturated carbocycles. The zero-order chi connectivity index (χ0) is 28.3. The van der Waals surface area contributed by atoms with Gasteiger partial charge in [0.25, 0.3) is 0 Å². The molecule has 3 heteroatoms. The lowest BCUT2D eigenvalue weighted by molar-refractivity contribution is 1.29. The van der Waals surface area contributed by atoms with E-state index in [-0.39, 0.29) is 0 Å². The molecule has 202 valence electrons. The van der Waals surface area contributed by atoms with E-state index in [0.29, 0.717) is 0 Å². The van der Waals surface area contributed by atoms with Crippen LogP contribution in [-0.2, 0) is 0 Å². The van der Waals surface area contributed by atoms with E-state index in [1.165, 1.54) is 62.2 Å². The molecule has 9 aromatic rings. The summed E-state index contributed by atoms with van der Waals surface area (Å²) in [6.45, 7) is 0. The van der Waals surface area contributed by atoms with Crippen molar-refractivity contribution < 1.29 is 0 Å². The van der Waals surface area contributed by atoms with Crippen LogP contribution in [0.4, 0.5) is 17.1 Å². The van der Waals surface area contributed by atoms with Gasteiger partial charge in [-0.25, -0.2) is 0 Å². The van der Waals surface area contributed by atoms with E-state index in [9.17, 15) is 0 Å². The average Bonchev–Trinajstić information content (AvgIpc) is 3.64. The second-order valence-corrected chi connectivity index (χ2v) is 13.1. The van der Waals surface area contributed by atoms with E-state index < -0.39 is 0 Å². The fraction of sp³-hybridized carbons (Fsp3) is 0. The molecule has 2 aromatic heterocycles. The second-order valence-electron chi connectivity index (χ2n) is 10.9. The molecule has 0 aliphatic carbocycles. The second kappa shape index (κ2) is 9.81. The van der Waals surface area contributed by atoms with Gasteiger partial charge in [0.05, 0.1) is 0 Å². The van der Waals surface area contributed by atoms with Crippen LogP contribution in [0.1, 0.15) is 0 Å². The monoisotopic (exact) mass is 583 g/mol. The number of anilines is 3. The lowest BCUT2D eigenvalue weighted by atomic mass is 10.0. The predicted octanol–water partition coefficient (Wildman–Crippen LogP) is 12.7. The number of benzene rings is 7. The zero-order valence-corrected chi connectivity index (χ0v) is 24.8. The van der Waals surface area contributed by atoms with Crippen LogP contribution in [0, 0.1) is 0 Å². The van der Waals surface area contributed by atoms with Crippen molar-refractivity contribution in [1.82, 2.24) is 0 Å². The highest BCUT2D eigenvalue weighted by Gasteiger charge is 2.17. The Morgan fingerprint density at radius 2 is 1.09 bits per heavy atom. The van der Waals surface area contributed by atoms with E-state index in [1.807, 2.05) is 22.7 Å². The Morgan fingerprint density at radius 1 is 0.395 bits per heavy atom. The molecule has 43 heavy (non-hydrogen) atoms. The first-order chi connectivity index (χ1) is 21.3. The number of fused-ring (bicyclic) bond motifs is 8. The maximum atomic E-state index is 2.34. The molecule has 0 fully saturated rings. The van der Waals surface area contributed by atoms with E-state index in [4.69, 9.17) is 0 Å². The maximum absolute atomic E-state index is 2.34. The molecule has 0 aliphatic heterocycles. The Kier molecular flexibility index (Phi) is 5.62. The highest BCUT2D eigenvalue weighted by molar-refractivity contribution is 7.30. The molecular weight excluding hydrogens is 559 g/mol. The molecule has 0 atom stereocenters. The Bertz CT molecular complexity index is 2450. The molecule has 0 saturated heterocycles. The van der Waals surface area contributed by atoms with Gasteiger partial charge in [-0.1, -0.05) is 103 Å². The third-order valence-corrected chi connectivity index (χ3v) is 10.9. The average molecular weight is 584 g/mol. The molecule has 0 unspecified atom stereocenters. The van der Waals surface area contributed by atoms with Crippen molar-refractivity contribution in [2.75, 3.05) is 4.90 Å². The van der Waals surface area contributed by atoms with Crippen LogP contribution >= 0.6 is 22.7 Å². The summed E-state index contributed by atoms with van der Waals surface area (Å²) in [5, 5.41) is 7.93. The maximum Gasteiger partial charge on any atom is 0.0468 e. The molecule has 9 rings (SSSR count). The minimum Gasteiger partial charge on any atom is -0.310 e. The predicted molar refractivity (Wildman–Crippen MR) is 190 cm³/mol. The molecule has 0 bridgehead atoms. The first kappa shape index (κ1) is 24.6. The highest BCUT2D eigenvalue weighted by Crippen LogP contribution is 2.47. The van der Waals surface area contributed by atoms with Gasteiger partial charge in [-0.2, -0.15) is 0 Å². The van der Waals surface area contributed by atoms with E-state index >= 15 is 0 Å². The fourth-order valence-electron chi connectivity index (χ4n) is 6.42. The largest absolute Gasteiger partial charge is 0.310 e. The molecule has 1 nitrogen and oxygen atoms in total. The van der Waals surface area contributed by atoms with Crippen molar-refractivity contribution in [2.24, 2.45) is 0 Å². The van der Waals surface area contributed by atoms with Crippen molar-refractivity contribution in [3.05, 3.63) is 152 Å². The Balaban J connectivity index is 1.19.